The third-order valence-corrected chi connectivity index (χ3v) is 3.83. The van der Waals surface area contributed by atoms with E-state index >= 15 is 0 Å². The molecule has 3 rings (SSSR count). The number of nitrogens with zero attached hydrogens (tertiary/aromatic N) is 1. The van der Waals surface area contributed by atoms with Crippen molar-refractivity contribution in [2.75, 3.05) is 19.8 Å². The van der Waals surface area contributed by atoms with Gasteiger partial charge in [-0.15, -0.1) is 0 Å². The van der Waals surface area contributed by atoms with Crippen LogP contribution in [0.2, 0.25) is 0 Å². The van der Waals surface area contributed by atoms with Crippen LogP contribution in [0, 0.1) is 5.82 Å². The molecule has 1 aromatic carbocycles. The van der Waals surface area contributed by atoms with Crippen molar-refractivity contribution in [3.63, 3.8) is 0 Å². The Bertz CT molecular complexity index is 887. The molecule has 0 radical (unpaired) electrons. The van der Waals surface area contributed by atoms with Crippen LogP contribution in [0.4, 0.5) is 4.39 Å². The molecule has 0 spiro atoms. The normalized spacial score (nSPS) is 16.4. The second-order valence-electron chi connectivity index (χ2n) is 5.31. The van der Waals surface area contributed by atoms with Gasteiger partial charge in [0.05, 0.1) is 24.8 Å². The Morgan fingerprint density at radius 1 is 1.54 bits per heavy atom. The molecule has 0 bridgehead atoms. The molecule has 2 heterocycles. The number of pyridine rings is 1. The molecule has 0 unspecified atom stereocenters. The third kappa shape index (κ3) is 2.67. The topological polar surface area (TPSA) is 77.8 Å². The number of hydrogen-bond acceptors (Lipinski definition) is 5. The van der Waals surface area contributed by atoms with Crippen molar-refractivity contribution < 1.29 is 23.8 Å². The van der Waals surface area contributed by atoms with Gasteiger partial charge in [-0.25, -0.2) is 9.18 Å². The monoisotopic (exact) mass is 333 g/mol. The molecule has 0 amide bonds. The van der Waals surface area contributed by atoms with Crippen molar-refractivity contribution in [1.82, 2.24) is 4.57 Å². The Hall–Kier alpha value is -2.67. The van der Waals surface area contributed by atoms with E-state index in [2.05, 4.69) is 0 Å². The molecule has 24 heavy (non-hydrogen) atoms. The van der Waals surface area contributed by atoms with Crippen molar-refractivity contribution in [2.45, 2.75) is 13.0 Å². The van der Waals surface area contributed by atoms with E-state index in [4.69, 9.17) is 9.47 Å². The predicted octanol–water partition coefficient (Wildman–Crippen LogP) is 1.64. The SMILES string of the molecule is CCOC(=O)C=Cc1cc(F)c2c3c1ccc(=O)n3[C@H](CO)CO2. The van der Waals surface area contributed by atoms with Crippen molar-refractivity contribution >= 4 is 22.9 Å². The van der Waals surface area contributed by atoms with Crippen LogP contribution in [0.1, 0.15) is 18.5 Å². The average molecular weight is 333 g/mol. The highest BCUT2D eigenvalue weighted by molar-refractivity contribution is 5.96. The number of benzene rings is 1. The number of aliphatic hydroxyl groups excluding tert-OH is 1. The van der Waals surface area contributed by atoms with Gasteiger partial charge in [-0.05, 0) is 30.7 Å². The van der Waals surface area contributed by atoms with Crippen molar-refractivity contribution in [1.29, 1.82) is 0 Å². The first kappa shape index (κ1) is 16.2. The molecule has 1 atom stereocenters. The Morgan fingerprint density at radius 3 is 3.04 bits per heavy atom. The number of ether oxygens (including phenoxy) is 2. The maximum Gasteiger partial charge on any atom is 0.330 e. The summed E-state index contributed by atoms with van der Waals surface area (Å²) >= 11 is 0. The van der Waals surface area contributed by atoms with Gasteiger partial charge in [0.15, 0.2) is 11.6 Å². The summed E-state index contributed by atoms with van der Waals surface area (Å²) in [7, 11) is 0. The highest BCUT2D eigenvalue weighted by Gasteiger charge is 2.26. The largest absolute Gasteiger partial charge is 0.486 e. The van der Waals surface area contributed by atoms with Crippen LogP contribution in [0.5, 0.6) is 5.75 Å². The number of rotatable bonds is 4. The summed E-state index contributed by atoms with van der Waals surface area (Å²) in [6.45, 7) is 1.63. The Labute approximate surface area is 136 Å². The second kappa shape index (κ2) is 6.45. The molecule has 0 saturated carbocycles. The zero-order valence-electron chi connectivity index (χ0n) is 13.0. The van der Waals surface area contributed by atoms with Crippen LogP contribution in [-0.4, -0.2) is 35.5 Å². The molecular weight excluding hydrogens is 317 g/mol. The quantitative estimate of drug-likeness (QED) is 0.680. The fourth-order valence-corrected chi connectivity index (χ4v) is 2.79. The van der Waals surface area contributed by atoms with Crippen molar-refractivity contribution in [3.05, 3.63) is 46.0 Å². The van der Waals surface area contributed by atoms with E-state index in [1.165, 1.54) is 28.9 Å². The van der Waals surface area contributed by atoms with E-state index in [1.807, 2.05) is 0 Å². The van der Waals surface area contributed by atoms with E-state index in [0.717, 1.165) is 0 Å². The van der Waals surface area contributed by atoms with Crippen molar-refractivity contribution in [2.24, 2.45) is 0 Å². The van der Waals surface area contributed by atoms with E-state index in [0.29, 0.717) is 10.9 Å². The van der Waals surface area contributed by atoms with E-state index < -0.39 is 17.8 Å². The lowest BCUT2D eigenvalue weighted by Gasteiger charge is -2.27. The fraction of sp³-hybridized carbons (Fsp3) is 0.294. The first-order valence-corrected chi connectivity index (χ1v) is 7.53. The van der Waals surface area contributed by atoms with Gasteiger partial charge in [-0.1, -0.05) is 0 Å². The number of carbonyl (C=O) groups is 1. The fourth-order valence-electron chi connectivity index (χ4n) is 2.79. The molecule has 1 aliphatic heterocycles. The molecular formula is C17H16FNO5. The van der Waals surface area contributed by atoms with Crippen LogP contribution in [0.3, 0.4) is 0 Å². The van der Waals surface area contributed by atoms with Crippen molar-refractivity contribution in [3.8, 4) is 5.75 Å². The summed E-state index contributed by atoms with van der Waals surface area (Å²) in [5, 5.41) is 10.0. The number of aliphatic hydroxyl groups is 1. The summed E-state index contributed by atoms with van der Waals surface area (Å²) in [5.74, 6) is -1.21. The molecule has 7 heteroatoms. The first-order chi connectivity index (χ1) is 11.6. The average Bonchev–Trinajstić information content (AvgIpc) is 2.58. The van der Waals surface area contributed by atoms with E-state index in [9.17, 15) is 19.1 Å². The summed E-state index contributed by atoms with van der Waals surface area (Å²) in [6.07, 6.45) is 2.63. The minimum atomic E-state index is -0.637. The maximum atomic E-state index is 14.4. The molecule has 2 aromatic rings. The Morgan fingerprint density at radius 2 is 2.33 bits per heavy atom. The number of halogens is 1. The molecule has 1 N–H and O–H groups in total. The molecule has 0 saturated heterocycles. The Balaban J connectivity index is 2.23. The van der Waals surface area contributed by atoms with Gasteiger partial charge in [-0.3, -0.25) is 9.36 Å². The number of hydrogen-bond donors (Lipinski definition) is 1. The van der Waals surface area contributed by atoms with Crippen LogP contribution in [0.15, 0.2) is 29.1 Å². The number of aromatic nitrogens is 1. The highest BCUT2D eigenvalue weighted by Crippen LogP contribution is 2.36. The third-order valence-electron chi connectivity index (χ3n) is 3.83. The smallest absolute Gasteiger partial charge is 0.330 e. The first-order valence-electron chi connectivity index (χ1n) is 7.53. The van der Waals surface area contributed by atoms with Gasteiger partial charge < -0.3 is 14.6 Å². The molecule has 0 fully saturated rings. The van der Waals surface area contributed by atoms with Gasteiger partial charge >= 0.3 is 5.97 Å². The van der Waals surface area contributed by atoms with Crippen LogP contribution < -0.4 is 10.3 Å². The Kier molecular flexibility index (Phi) is 4.35. The summed E-state index contributed by atoms with van der Waals surface area (Å²) in [6, 6.07) is 3.55. The lowest BCUT2D eigenvalue weighted by atomic mass is 10.0. The summed E-state index contributed by atoms with van der Waals surface area (Å²) in [4.78, 5) is 23.7. The predicted molar refractivity (Wildman–Crippen MR) is 85.5 cm³/mol. The van der Waals surface area contributed by atoms with Gasteiger partial charge in [-0.2, -0.15) is 0 Å². The number of carbonyl (C=O) groups excluding carboxylic acids is 1. The molecule has 0 aliphatic carbocycles. The molecule has 1 aromatic heterocycles. The van der Waals surface area contributed by atoms with Crippen LogP contribution in [0.25, 0.3) is 17.0 Å². The van der Waals surface area contributed by atoms with E-state index in [-0.39, 0.29) is 36.6 Å². The summed E-state index contributed by atoms with van der Waals surface area (Å²) < 4.78 is 25.9. The van der Waals surface area contributed by atoms with Crippen LogP contribution >= 0.6 is 0 Å². The standard InChI is InChI=1S/C17H16FNO5/c1-2-23-15(22)6-3-10-7-13(18)17-16-12(10)4-5-14(21)19(16)11(8-20)9-24-17/h3-7,11,20H,2,8-9H2,1H3/t11-/m1/s1. The summed E-state index contributed by atoms with van der Waals surface area (Å²) in [5.41, 5.74) is 0.337. The molecule has 6 nitrogen and oxygen atoms in total. The molecule has 126 valence electrons. The maximum absolute atomic E-state index is 14.4. The minimum absolute atomic E-state index is 0.0114. The van der Waals surface area contributed by atoms with E-state index in [1.54, 1.807) is 13.0 Å². The molecule has 1 aliphatic rings. The highest BCUT2D eigenvalue weighted by atomic mass is 19.1. The zero-order valence-corrected chi connectivity index (χ0v) is 13.0. The van der Waals surface area contributed by atoms with Crippen LogP contribution in [-0.2, 0) is 9.53 Å². The lowest BCUT2D eigenvalue weighted by Crippen LogP contribution is -2.34. The van der Waals surface area contributed by atoms with Gasteiger partial charge in [0.1, 0.15) is 6.61 Å². The minimum Gasteiger partial charge on any atom is -0.486 e. The number of esters is 1. The lowest BCUT2D eigenvalue weighted by molar-refractivity contribution is -0.137. The zero-order chi connectivity index (χ0) is 17.3. The van der Waals surface area contributed by atoms with Gasteiger partial charge in [0.25, 0.3) is 5.56 Å². The van der Waals surface area contributed by atoms with Gasteiger partial charge in [0, 0.05) is 17.5 Å². The van der Waals surface area contributed by atoms with Gasteiger partial charge in [0.2, 0.25) is 0 Å². The second-order valence-corrected chi connectivity index (χ2v) is 5.31.